The van der Waals surface area contributed by atoms with Crippen molar-refractivity contribution in [1.29, 1.82) is 0 Å². The van der Waals surface area contributed by atoms with Gasteiger partial charge in [0.2, 0.25) is 0 Å². The third-order valence-electron chi connectivity index (χ3n) is 1.86. The highest BCUT2D eigenvalue weighted by molar-refractivity contribution is 9.13. The fourth-order valence-electron chi connectivity index (χ4n) is 0.843. The van der Waals surface area contributed by atoms with E-state index in [2.05, 4.69) is 106 Å². The Morgan fingerprint density at radius 1 is 0.667 bits per heavy atom. The second-order valence-corrected chi connectivity index (χ2v) is 7.47. The minimum Gasteiger partial charge on any atom is -0.315 e. The molecule has 10 heteroatoms. The molecular formula is C8H6Br6N4. The Morgan fingerprint density at radius 2 is 0.944 bits per heavy atom. The summed E-state index contributed by atoms with van der Waals surface area (Å²) >= 11 is 19.7. The van der Waals surface area contributed by atoms with Gasteiger partial charge in [-0.3, -0.25) is 0 Å². The minimum atomic E-state index is 0.807. The molecule has 2 rings (SSSR count). The summed E-state index contributed by atoms with van der Waals surface area (Å²) in [5.41, 5.74) is 0. The molecule has 100 valence electrons. The van der Waals surface area contributed by atoms with E-state index >= 15 is 0 Å². The van der Waals surface area contributed by atoms with Crippen LogP contribution < -0.4 is 0 Å². The van der Waals surface area contributed by atoms with Gasteiger partial charge in [-0.1, -0.05) is 0 Å². The highest BCUT2D eigenvalue weighted by atomic mass is 79.9. The molecule has 0 bridgehead atoms. The largest absolute Gasteiger partial charge is 0.315 e. The molecule has 0 spiro atoms. The van der Waals surface area contributed by atoms with Gasteiger partial charge in [0, 0.05) is 14.1 Å². The number of halogens is 6. The van der Waals surface area contributed by atoms with Crippen LogP contribution in [0.1, 0.15) is 0 Å². The van der Waals surface area contributed by atoms with Gasteiger partial charge in [0.05, 0.1) is 0 Å². The van der Waals surface area contributed by atoms with Crippen molar-refractivity contribution >= 4 is 95.6 Å². The predicted octanol–water partition coefficient (Wildman–Crippen LogP) is 5.42. The maximum absolute atomic E-state index is 4.06. The first-order valence-electron chi connectivity index (χ1n) is 4.32. The molecule has 0 aliphatic carbocycles. The highest BCUT2D eigenvalue weighted by Crippen LogP contribution is 2.25. The predicted molar refractivity (Wildman–Crippen MR) is 92.6 cm³/mol. The summed E-state index contributed by atoms with van der Waals surface area (Å²) in [5, 5.41) is 0. The molecule has 4 nitrogen and oxygen atoms in total. The molecular weight excluding hydrogens is 632 g/mol. The van der Waals surface area contributed by atoms with Gasteiger partial charge in [-0.05, 0) is 95.6 Å². The van der Waals surface area contributed by atoms with Gasteiger partial charge >= 0.3 is 0 Å². The fraction of sp³-hybridized carbons (Fsp3) is 0.250. The van der Waals surface area contributed by atoms with Gasteiger partial charge in [-0.15, -0.1) is 0 Å². The van der Waals surface area contributed by atoms with Crippen molar-refractivity contribution in [2.45, 2.75) is 0 Å². The summed E-state index contributed by atoms with van der Waals surface area (Å²) < 4.78 is 8.88. The zero-order valence-corrected chi connectivity index (χ0v) is 18.6. The van der Waals surface area contributed by atoms with Crippen molar-refractivity contribution in [3.63, 3.8) is 0 Å². The van der Waals surface area contributed by atoms with E-state index in [-0.39, 0.29) is 0 Å². The molecule has 0 unspecified atom stereocenters. The van der Waals surface area contributed by atoms with Crippen molar-refractivity contribution in [2.24, 2.45) is 14.1 Å². The van der Waals surface area contributed by atoms with Crippen LogP contribution in [0.5, 0.6) is 0 Å². The van der Waals surface area contributed by atoms with Crippen molar-refractivity contribution in [3.05, 3.63) is 27.9 Å². The quantitative estimate of drug-likeness (QED) is 0.387. The maximum Gasteiger partial charge on any atom is 0.178 e. The smallest absolute Gasteiger partial charge is 0.178 e. The maximum atomic E-state index is 4.06. The summed E-state index contributed by atoms with van der Waals surface area (Å²) in [5.74, 6) is 0. The fourth-order valence-corrected chi connectivity index (χ4v) is 3.89. The standard InChI is InChI=1S/2C4H3Br3N2/c2*1-9-3(6)2(5)8-4(9)7/h2*1H3. The SMILES string of the molecule is Cn1c(Br)nc(Br)c1Br.Cn1c(Br)nc(Br)c1Br. The molecule has 0 atom stereocenters. The van der Waals surface area contributed by atoms with E-state index in [9.17, 15) is 0 Å². The molecule has 0 saturated carbocycles. The number of aromatic nitrogens is 4. The summed E-state index contributed by atoms with van der Waals surface area (Å²) in [7, 11) is 3.82. The molecule has 0 aliphatic rings. The summed E-state index contributed by atoms with van der Waals surface area (Å²) in [6.07, 6.45) is 0. The van der Waals surface area contributed by atoms with E-state index in [1.54, 1.807) is 0 Å². The molecule has 0 aliphatic heterocycles. The monoisotopic (exact) mass is 632 g/mol. The minimum absolute atomic E-state index is 0.807. The molecule has 18 heavy (non-hydrogen) atoms. The second kappa shape index (κ2) is 7.35. The Kier molecular flexibility index (Phi) is 7.08. The molecule has 0 saturated heterocycles. The molecule has 0 N–H and O–H groups in total. The van der Waals surface area contributed by atoms with Crippen molar-refractivity contribution < 1.29 is 0 Å². The molecule has 2 aromatic rings. The molecule has 2 aromatic heterocycles. The Hall–Kier alpha value is 1.30. The van der Waals surface area contributed by atoms with Gasteiger partial charge in [0.15, 0.2) is 9.47 Å². The highest BCUT2D eigenvalue weighted by Gasteiger charge is 2.06. The average Bonchev–Trinajstić information content (AvgIpc) is 2.66. The van der Waals surface area contributed by atoms with Gasteiger partial charge in [0.1, 0.15) is 18.4 Å². The van der Waals surface area contributed by atoms with Crippen LogP contribution >= 0.6 is 95.6 Å². The molecule has 2 heterocycles. The van der Waals surface area contributed by atoms with E-state index in [4.69, 9.17) is 0 Å². The van der Waals surface area contributed by atoms with E-state index in [0.717, 1.165) is 27.9 Å². The Balaban J connectivity index is 0.000000180. The van der Waals surface area contributed by atoms with Crippen molar-refractivity contribution in [1.82, 2.24) is 19.1 Å². The summed E-state index contributed by atoms with van der Waals surface area (Å²) in [6, 6.07) is 0. The Morgan fingerprint density at radius 3 is 1.00 bits per heavy atom. The van der Waals surface area contributed by atoms with Crippen LogP contribution in [-0.2, 0) is 14.1 Å². The Bertz CT molecular complexity index is 465. The second-order valence-electron chi connectivity index (χ2n) is 3.04. The van der Waals surface area contributed by atoms with Crippen molar-refractivity contribution in [2.75, 3.05) is 0 Å². The number of rotatable bonds is 0. The van der Waals surface area contributed by atoms with Crippen LogP contribution in [0, 0.1) is 0 Å². The number of hydrogen-bond acceptors (Lipinski definition) is 2. The lowest BCUT2D eigenvalue weighted by atomic mass is 10.9. The van der Waals surface area contributed by atoms with E-state index in [1.807, 2.05) is 23.2 Å². The number of nitrogens with zero attached hydrogens (tertiary/aromatic N) is 4. The van der Waals surface area contributed by atoms with E-state index in [0.29, 0.717) is 0 Å². The lowest BCUT2D eigenvalue weighted by Crippen LogP contribution is -1.85. The third kappa shape index (κ3) is 4.15. The lowest BCUT2D eigenvalue weighted by Gasteiger charge is -1.91. The van der Waals surface area contributed by atoms with Crippen LogP contribution in [0.25, 0.3) is 0 Å². The van der Waals surface area contributed by atoms with Crippen LogP contribution in [0.4, 0.5) is 0 Å². The van der Waals surface area contributed by atoms with E-state index in [1.165, 1.54) is 0 Å². The number of imidazole rings is 2. The number of hydrogen-bond donors (Lipinski definition) is 0. The van der Waals surface area contributed by atoms with Crippen LogP contribution in [0.3, 0.4) is 0 Å². The zero-order valence-electron chi connectivity index (χ0n) is 9.06. The van der Waals surface area contributed by atoms with Crippen LogP contribution in [0.2, 0.25) is 0 Å². The summed E-state index contributed by atoms with van der Waals surface area (Å²) in [4.78, 5) is 8.12. The van der Waals surface area contributed by atoms with Gasteiger partial charge in [-0.25, -0.2) is 9.97 Å². The zero-order chi connectivity index (χ0) is 14.0. The van der Waals surface area contributed by atoms with E-state index < -0.39 is 0 Å². The van der Waals surface area contributed by atoms with Crippen LogP contribution in [0.15, 0.2) is 27.9 Å². The van der Waals surface area contributed by atoms with Gasteiger partial charge in [-0.2, -0.15) is 0 Å². The Labute approximate surface area is 155 Å². The molecule has 0 fully saturated rings. The first kappa shape index (κ1) is 17.4. The molecule has 0 amide bonds. The normalized spacial score (nSPS) is 10.2. The molecule has 0 aromatic carbocycles. The van der Waals surface area contributed by atoms with Crippen molar-refractivity contribution in [3.8, 4) is 0 Å². The molecule has 0 radical (unpaired) electrons. The van der Waals surface area contributed by atoms with Gasteiger partial charge < -0.3 is 9.13 Å². The van der Waals surface area contributed by atoms with Gasteiger partial charge in [0.25, 0.3) is 0 Å². The topological polar surface area (TPSA) is 35.6 Å². The van der Waals surface area contributed by atoms with Crippen LogP contribution in [-0.4, -0.2) is 19.1 Å². The first-order valence-corrected chi connectivity index (χ1v) is 9.08. The summed E-state index contributed by atoms with van der Waals surface area (Å²) in [6.45, 7) is 0. The average molecular weight is 638 g/mol. The third-order valence-corrected chi connectivity index (χ3v) is 7.27. The lowest BCUT2D eigenvalue weighted by molar-refractivity contribution is 0.860. The first-order chi connectivity index (χ1) is 8.25.